The third-order valence-corrected chi connectivity index (χ3v) is 1.06. The van der Waals surface area contributed by atoms with Crippen LogP contribution in [0.3, 0.4) is 0 Å². The Bertz CT molecular complexity index is 158. The number of hydrogen-bond donors (Lipinski definition) is 0. The molecule has 0 aromatic carbocycles. The third kappa shape index (κ3) is 12.5. The van der Waals surface area contributed by atoms with Crippen molar-refractivity contribution >= 4 is 0 Å². The van der Waals surface area contributed by atoms with Crippen molar-refractivity contribution in [2.24, 2.45) is 0 Å². The lowest BCUT2D eigenvalue weighted by atomic mass is 10.2. The summed E-state index contributed by atoms with van der Waals surface area (Å²) in [7, 11) is 0. The van der Waals surface area contributed by atoms with Gasteiger partial charge in [-0.2, -0.15) is 0 Å². The Labute approximate surface area is 71.7 Å². The summed E-state index contributed by atoms with van der Waals surface area (Å²) in [4.78, 5) is 0. The Balaban J connectivity index is 0. The zero-order valence-corrected chi connectivity index (χ0v) is 8.71. The van der Waals surface area contributed by atoms with E-state index in [0.29, 0.717) is 0 Å². The molecule has 0 bridgehead atoms. The molecule has 0 heterocycles. The second-order valence-corrected chi connectivity index (χ2v) is 2.71. The van der Waals surface area contributed by atoms with Gasteiger partial charge in [-0.25, -0.2) is 0 Å². The summed E-state index contributed by atoms with van der Waals surface area (Å²) in [6, 6.07) is 0. The van der Waals surface area contributed by atoms with Gasteiger partial charge in [-0.15, -0.1) is 5.92 Å². The Hall–Kier alpha value is -0.700. The topological polar surface area (TPSA) is 0 Å². The number of rotatable bonds is 0. The van der Waals surface area contributed by atoms with Crippen molar-refractivity contribution < 1.29 is 0 Å². The van der Waals surface area contributed by atoms with Crippen molar-refractivity contribution in [1.29, 1.82) is 0 Å². The SMILES string of the molecule is CC#CC(C)=C(C)C.CCC. The average Bonchev–Trinajstić information content (AvgIpc) is 1.90. The molecule has 0 radical (unpaired) electrons. The first-order valence-electron chi connectivity index (χ1n) is 4.16. The molecule has 0 aromatic heterocycles. The van der Waals surface area contributed by atoms with Crippen LogP contribution in [0.15, 0.2) is 11.1 Å². The zero-order chi connectivity index (χ0) is 9.28. The van der Waals surface area contributed by atoms with Crippen molar-refractivity contribution in [3.63, 3.8) is 0 Å². The first kappa shape index (κ1) is 12.9. The highest BCUT2D eigenvalue weighted by Crippen LogP contribution is 1.97. The smallest absolute Gasteiger partial charge is 0.00234 e. The predicted molar refractivity (Wildman–Crippen MR) is 53.5 cm³/mol. The van der Waals surface area contributed by atoms with Crippen molar-refractivity contribution in [1.82, 2.24) is 0 Å². The standard InChI is InChI=1S/C8H12.C3H8/c1-5-6-8(4)7(2)3;1-3-2/h1-4H3;3H2,1-2H3. The van der Waals surface area contributed by atoms with Gasteiger partial charge in [-0.3, -0.25) is 0 Å². The van der Waals surface area contributed by atoms with Gasteiger partial charge in [0.15, 0.2) is 0 Å². The largest absolute Gasteiger partial charge is 0.102 e. The summed E-state index contributed by atoms with van der Waals surface area (Å²) in [5, 5.41) is 0. The molecule has 11 heavy (non-hydrogen) atoms. The summed E-state index contributed by atoms with van der Waals surface area (Å²) >= 11 is 0. The molecule has 0 unspecified atom stereocenters. The van der Waals surface area contributed by atoms with Gasteiger partial charge in [0.25, 0.3) is 0 Å². The molecule has 0 fully saturated rings. The van der Waals surface area contributed by atoms with Crippen LogP contribution in [0.25, 0.3) is 0 Å². The molecule has 0 atom stereocenters. The first-order chi connectivity index (χ1) is 5.09. The van der Waals surface area contributed by atoms with Crippen LogP contribution in [0.2, 0.25) is 0 Å². The molecule has 0 N–H and O–H groups in total. The molecule has 0 saturated carbocycles. The van der Waals surface area contributed by atoms with Crippen molar-refractivity contribution in [3.05, 3.63) is 11.1 Å². The molecule has 0 aliphatic carbocycles. The van der Waals surface area contributed by atoms with E-state index < -0.39 is 0 Å². The number of allylic oxidation sites excluding steroid dienone is 2. The van der Waals surface area contributed by atoms with Gasteiger partial charge >= 0.3 is 0 Å². The maximum Gasteiger partial charge on any atom is -0.00234 e. The lowest BCUT2D eigenvalue weighted by Gasteiger charge is -1.88. The third-order valence-electron chi connectivity index (χ3n) is 1.06. The second kappa shape index (κ2) is 9.30. The lowest BCUT2D eigenvalue weighted by Crippen LogP contribution is -1.71. The molecule has 0 aliphatic rings. The van der Waals surface area contributed by atoms with Crippen molar-refractivity contribution in [2.45, 2.75) is 48.0 Å². The summed E-state index contributed by atoms with van der Waals surface area (Å²) in [5.74, 6) is 5.82. The van der Waals surface area contributed by atoms with Gasteiger partial charge in [0, 0.05) is 0 Å². The Kier molecular flexibility index (Phi) is 10.9. The van der Waals surface area contributed by atoms with Crippen LogP contribution in [0.4, 0.5) is 0 Å². The molecule has 64 valence electrons. The van der Waals surface area contributed by atoms with Crippen LogP contribution in [0, 0.1) is 11.8 Å². The highest BCUT2D eigenvalue weighted by Gasteiger charge is 1.80. The second-order valence-electron chi connectivity index (χ2n) is 2.71. The van der Waals surface area contributed by atoms with Crippen LogP contribution in [0.5, 0.6) is 0 Å². The first-order valence-corrected chi connectivity index (χ1v) is 4.16. The fourth-order valence-electron chi connectivity index (χ4n) is 0.312. The van der Waals surface area contributed by atoms with Crippen LogP contribution in [-0.4, -0.2) is 0 Å². The summed E-state index contributed by atoms with van der Waals surface area (Å²) < 4.78 is 0. The van der Waals surface area contributed by atoms with Crippen LogP contribution in [0.1, 0.15) is 48.0 Å². The minimum atomic E-state index is 1.19. The Morgan fingerprint density at radius 1 is 1.09 bits per heavy atom. The van der Waals surface area contributed by atoms with E-state index in [-0.39, 0.29) is 0 Å². The molecular weight excluding hydrogens is 132 g/mol. The maximum absolute atomic E-state index is 2.97. The Morgan fingerprint density at radius 2 is 1.45 bits per heavy atom. The van der Waals surface area contributed by atoms with Gasteiger partial charge in [0.2, 0.25) is 0 Å². The molecule has 0 spiro atoms. The minimum absolute atomic E-state index is 1.19. The molecule has 0 aromatic rings. The highest BCUT2D eigenvalue weighted by molar-refractivity contribution is 5.29. The number of hydrogen-bond acceptors (Lipinski definition) is 0. The van der Waals surface area contributed by atoms with Gasteiger partial charge in [-0.05, 0) is 33.3 Å². The monoisotopic (exact) mass is 152 g/mol. The van der Waals surface area contributed by atoms with Gasteiger partial charge < -0.3 is 0 Å². The average molecular weight is 152 g/mol. The van der Waals surface area contributed by atoms with E-state index in [0.717, 1.165) is 0 Å². The fraction of sp³-hybridized carbons (Fsp3) is 0.636. The quantitative estimate of drug-likeness (QED) is 0.463. The van der Waals surface area contributed by atoms with E-state index in [1.165, 1.54) is 17.6 Å². The normalized spacial score (nSPS) is 6.73. The molecule has 0 aliphatic heterocycles. The van der Waals surface area contributed by atoms with E-state index in [4.69, 9.17) is 0 Å². The zero-order valence-electron chi connectivity index (χ0n) is 8.71. The molecule has 0 nitrogen and oxygen atoms in total. The van der Waals surface area contributed by atoms with E-state index in [9.17, 15) is 0 Å². The molecule has 0 amide bonds. The summed E-state index contributed by atoms with van der Waals surface area (Å²) in [5.41, 5.74) is 2.49. The van der Waals surface area contributed by atoms with Gasteiger partial charge in [0.1, 0.15) is 0 Å². The molecular formula is C11H20. The maximum atomic E-state index is 2.97. The molecule has 0 heteroatoms. The van der Waals surface area contributed by atoms with Crippen LogP contribution >= 0.6 is 0 Å². The van der Waals surface area contributed by atoms with E-state index in [1.54, 1.807) is 0 Å². The predicted octanol–water partition coefficient (Wildman–Crippen LogP) is 3.78. The van der Waals surface area contributed by atoms with Crippen molar-refractivity contribution in [2.75, 3.05) is 0 Å². The molecule has 0 rings (SSSR count). The van der Waals surface area contributed by atoms with Crippen molar-refractivity contribution in [3.8, 4) is 11.8 Å². The minimum Gasteiger partial charge on any atom is -0.102 e. The van der Waals surface area contributed by atoms with Crippen LogP contribution < -0.4 is 0 Å². The van der Waals surface area contributed by atoms with Crippen LogP contribution in [-0.2, 0) is 0 Å². The van der Waals surface area contributed by atoms with Gasteiger partial charge in [0.05, 0.1) is 0 Å². The Morgan fingerprint density at radius 3 is 1.55 bits per heavy atom. The fourth-order valence-corrected chi connectivity index (χ4v) is 0.312. The molecule has 0 saturated heterocycles. The lowest BCUT2D eigenvalue weighted by molar-refractivity contribution is 1.09. The summed E-state index contributed by atoms with van der Waals surface area (Å²) in [6.07, 6.45) is 1.25. The van der Waals surface area contributed by atoms with E-state index in [2.05, 4.69) is 39.5 Å². The van der Waals surface area contributed by atoms with E-state index >= 15 is 0 Å². The van der Waals surface area contributed by atoms with E-state index in [1.807, 2.05) is 13.8 Å². The summed E-state index contributed by atoms with van der Waals surface area (Å²) in [6.45, 7) is 12.3. The highest BCUT2D eigenvalue weighted by atomic mass is 13.9. The van der Waals surface area contributed by atoms with Gasteiger partial charge in [-0.1, -0.05) is 31.8 Å².